The first-order valence-electron chi connectivity index (χ1n) is 5.97. The van der Waals surface area contributed by atoms with Crippen molar-refractivity contribution in [1.82, 2.24) is 4.90 Å². The van der Waals surface area contributed by atoms with Crippen LogP contribution in [0.1, 0.15) is 19.4 Å². The summed E-state index contributed by atoms with van der Waals surface area (Å²) in [6, 6.07) is 10.5. The highest BCUT2D eigenvalue weighted by molar-refractivity contribution is 5.81. The van der Waals surface area contributed by atoms with E-state index in [0.29, 0.717) is 0 Å². The maximum Gasteiger partial charge on any atom is 0.330 e. The molecule has 18 heavy (non-hydrogen) atoms. The Labute approximate surface area is 110 Å². The summed E-state index contributed by atoms with van der Waals surface area (Å²) in [5.41, 5.74) is 1.37. The van der Waals surface area contributed by atoms with Crippen molar-refractivity contribution in [3.8, 4) is 0 Å². The first-order chi connectivity index (χ1) is 8.45. The van der Waals surface area contributed by atoms with Gasteiger partial charge in [-0.3, -0.25) is 0 Å². The van der Waals surface area contributed by atoms with Gasteiger partial charge in [-0.25, -0.2) is 4.79 Å². The first-order valence-corrected chi connectivity index (χ1v) is 5.97. The number of benzene rings is 1. The van der Waals surface area contributed by atoms with E-state index in [-0.39, 0.29) is 12.1 Å². The molecule has 0 amide bonds. The molecule has 0 bridgehead atoms. The highest BCUT2D eigenvalue weighted by Crippen LogP contribution is 1.99. The summed E-state index contributed by atoms with van der Waals surface area (Å²) in [7, 11) is 4.15. The van der Waals surface area contributed by atoms with Gasteiger partial charge in [0.15, 0.2) is 0 Å². The highest BCUT2D eigenvalue weighted by atomic mass is 16.5. The van der Waals surface area contributed by atoms with Crippen LogP contribution in [0.25, 0.3) is 0 Å². The molecule has 0 aliphatic heterocycles. The van der Waals surface area contributed by atoms with Gasteiger partial charge < -0.3 is 9.64 Å². The van der Waals surface area contributed by atoms with Crippen LogP contribution in [-0.2, 0) is 16.1 Å². The van der Waals surface area contributed by atoms with Gasteiger partial charge in [0.1, 0.15) is 0 Å². The molecule has 0 heterocycles. The summed E-state index contributed by atoms with van der Waals surface area (Å²) in [6.45, 7) is 7.85. The Morgan fingerprint density at radius 3 is 2.22 bits per heavy atom. The van der Waals surface area contributed by atoms with E-state index in [2.05, 4.69) is 54.6 Å². The number of carbonyl (C=O) groups excluding carboxylic acids is 1. The van der Waals surface area contributed by atoms with Gasteiger partial charge in [0.05, 0.1) is 6.10 Å². The molecule has 0 aliphatic rings. The average Bonchev–Trinajstić information content (AvgIpc) is 2.29. The van der Waals surface area contributed by atoms with Crippen LogP contribution in [0.4, 0.5) is 0 Å². The number of nitrogens with zero attached hydrogens (tertiary/aromatic N) is 1. The normalized spacial score (nSPS) is 9.67. The molecular weight excluding hydrogens is 226 g/mol. The molecule has 1 aromatic carbocycles. The maximum absolute atomic E-state index is 10.3. The van der Waals surface area contributed by atoms with Crippen LogP contribution >= 0.6 is 0 Å². The van der Waals surface area contributed by atoms with Crippen molar-refractivity contribution in [3.63, 3.8) is 0 Å². The van der Waals surface area contributed by atoms with Crippen LogP contribution in [0.5, 0.6) is 0 Å². The molecule has 0 unspecified atom stereocenters. The predicted octanol–water partition coefficient (Wildman–Crippen LogP) is 2.87. The third kappa shape index (κ3) is 9.60. The van der Waals surface area contributed by atoms with Gasteiger partial charge in [0, 0.05) is 12.6 Å². The monoisotopic (exact) mass is 249 g/mol. The Morgan fingerprint density at radius 1 is 1.33 bits per heavy atom. The number of rotatable bonds is 4. The summed E-state index contributed by atoms with van der Waals surface area (Å²) in [6.07, 6.45) is 1.11. The van der Waals surface area contributed by atoms with Crippen molar-refractivity contribution in [2.75, 3.05) is 14.1 Å². The van der Waals surface area contributed by atoms with Crippen molar-refractivity contribution in [3.05, 3.63) is 48.6 Å². The lowest BCUT2D eigenvalue weighted by Crippen LogP contribution is -2.10. The van der Waals surface area contributed by atoms with Gasteiger partial charge >= 0.3 is 5.97 Å². The fourth-order valence-electron chi connectivity index (χ4n) is 1.23. The van der Waals surface area contributed by atoms with Gasteiger partial charge in [-0.05, 0) is 33.5 Å². The van der Waals surface area contributed by atoms with E-state index < -0.39 is 0 Å². The quantitative estimate of drug-likeness (QED) is 0.607. The van der Waals surface area contributed by atoms with Crippen molar-refractivity contribution in [2.24, 2.45) is 0 Å². The zero-order valence-corrected chi connectivity index (χ0v) is 11.7. The molecule has 100 valence electrons. The van der Waals surface area contributed by atoms with Crippen LogP contribution in [0.15, 0.2) is 43.0 Å². The molecule has 3 nitrogen and oxygen atoms in total. The van der Waals surface area contributed by atoms with Crippen molar-refractivity contribution >= 4 is 5.97 Å². The van der Waals surface area contributed by atoms with Crippen LogP contribution in [0, 0.1) is 0 Å². The Hall–Kier alpha value is -1.61. The average molecular weight is 249 g/mol. The summed E-state index contributed by atoms with van der Waals surface area (Å²) >= 11 is 0. The molecular formula is C15H23NO2. The number of ether oxygens (including phenoxy) is 1. The minimum absolute atomic E-state index is 0.0412. The van der Waals surface area contributed by atoms with Gasteiger partial charge in [0.25, 0.3) is 0 Å². The van der Waals surface area contributed by atoms with Crippen LogP contribution in [0.3, 0.4) is 0 Å². The minimum Gasteiger partial charge on any atom is -0.460 e. The number of esters is 1. The fraction of sp³-hybridized carbons (Fsp3) is 0.400. The van der Waals surface area contributed by atoms with E-state index in [0.717, 1.165) is 12.6 Å². The number of carbonyl (C=O) groups is 1. The lowest BCUT2D eigenvalue weighted by Gasteiger charge is -2.08. The minimum atomic E-state index is -0.361. The molecule has 1 rings (SSSR count). The van der Waals surface area contributed by atoms with Crippen LogP contribution in [-0.4, -0.2) is 31.1 Å². The fourth-order valence-corrected chi connectivity index (χ4v) is 1.23. The summed E-state index contributed by atoms with van der Waals surface area (Å²) in [5.74, 6) is -0.361. The van der Waals surface area contributed by atoms with E-state index in [9.17, 15) is 4.79 Å². The van der Waals surface area contributed by atoms with Gasteiger partial charge in [-0.2, -0.15) is 0 Å². The van der Waals surface area contributed by atoms with E-state index in [1.54, 1.807) is 13.8 Å². The van der Waals surface area contributed by atoms with Crippen molar-refractivity contribution in [1.29, 1.82) is 0 Å². The van der Waals surface area contributed by atoms with Crippen molar-refractivity contribution in [2.45, 2.75) is 26.5 Å². The van der Waals surface area contributed by atoms with E-state index in [1.807, 2.05) is 6.07 Å². The van der Waals surface area contributed by atoms with Gasteiger partial charge in [0.2, 0.25) is 0 Å². The van der Waals surface area contributed by atoms with E-state index in [1.165, 1.54) is 5.56 Å². The van der Waals surface area contributed by atoms with E-state index in [4.69, 9.17) is 0 Å². The second-order valence-electron chi connectivity index (χ2n) is 4.41. The van der Waals surface area contributed by atoms with E-state index >= 15 is 0 Å². The standard InChI is InChI=1S/C9H13N.C6H10O2/c1-10(2)8-9-6-4-3-5-7-9;1-4-6(7)8-5(2)3/h3-7H,8H2,1-2H3;4-5H,1H2,2-3H3. The molecule has 1 aromatic rings. The summed E-state index contributed by atoms with van der Waals surface area (Å²) in [4.78, 5) is 12.4. The molecule has 3 heteroatoms. The lowest BCUT2D eigenvalue weighted by atomic mass is 10.2. The molecule has 0 aliphatic carbocycles. The van der Waals surface area contributed by atoms with Crippen LogP contribution < -0.4 is 0 Å². The van der Waals surface area contributed by atoms with Gasteiger partial charge in [-0.15, -0.1) is 0 Å². The molecule has 0 radical (unpaired) electrons. The number of hydrogen-bond acceptors (Lipinski definition) is 3. The maximum atomic E-state index is 10.3. The topological polar surface area (TPSA) is 29.5 Å². The molecule has 0 aromatic heterocycles. The Morgan fingerprint density at radius 2 is 1.89 bits per heavy atom. The van der Waals surface area contributed by atoms with Crippen LogP contribution in [0.2, 0.25) is 0 Å². The summed E-state index contributed by atoms with van der Waals surface area (Å²) in [5, 5.41) is 0. The Balaban J connectivity index is 0.000000331. The second kappa shape index (κ2) is 9.42. The van der Waals surface area contributed by atoms with Crippen molar-refractivity contribution < 1.29 is 9.53 Å². The molecule has 0 saturated carbocycles. The number of hydrogen-bond donors (Lipinski definition) is 0. The first kappa shape index (κ1) is 16.4. The highest BCUT2D eigenvalue weighted by Gasteiger charge is 1.96. The molecule has 0 N–H and O–H groups in total. The lowest BCUT2D eigenvalue weighted by molar-refractivity contribution is -0.141. The third-order valence-electron chi connectivity index (χ3n) is 1.86. The summed E-state index contributed by atoms with van der Waals surface area (Å²) < 4.78 is 4.64. The molecule has 0 atom stereocenters. The molecule has 0 fully saturated rings. The zero-order chi connectivity index (χ0) is 14.0. The van der Waals surface area contributed by atoms with Gasteiger partial charge in [-0.1, -0.05) is 36.9 Å². The largest absolute Gasteiger partial charge is 0.460 e. The Bertz CT molecular complexity index is 345. The smallest absolute Gasteiger partial charge is 0.330 e. The molecule has 0 saturated heterocycles. The Kier molecular flexibility index (Phi) is 8.58. The molecule has 0 spiro atoms. The predicted molar refractivity (Wildman–Crippen MR) is 75.3 cm³/mol. The second-order valence-corrected chi connectivity index (χ2v) is 4.41. The third-order valence-corrected chi connectivity index (χ3v) is 1.86. The zero-order valence-electron chi connectivity index (χ0n) is 11.7. The SMILES string of the molecule is C=CC(=O)OC(C)C.CN(C)Cc1ccccc1.